The number of likely N-dealkylation sites (N-methyl/N-ethyl adjacent to an activating group) is 1. The van der Waals surface area contributed by atoms with E-state index in [2.05, 4.69) is 42.1 Å². The van der Waals surface area contributed by atoms with Gasteiger partial charge in [-0.05, 0) is 70.2 Å². The fourth-order valence-corrected chi connectivity index (χ4v) is 5.55. The highest BCUT2D eigenvalue weighted by Crippen LogP contribution is 2.36. The molecule has 1 saturated carbocycles. The van der Waals surface area contributed by atoms with E-state index in [0.717, 1.165) is 38.0 Å². The maximum atomic E-state index is 14.9. The molecule has 6 heteroatoms. The summed E-state index contributed by atoms with van der Waals surface area (Å²) in [5, 5.41) is 13.0. The van der Waals surface area contributed by atoms with Crippen molar-refractivity contribution in [2.45, 2.75) is 70.1 Å². The van der Waals surface area contributed by atoms with Gasteiger partial charge in [0.2, 0.25) is 0 Å². The van der Waals surface area contributed by atoms with Crippen molar-refractivity contribution in [3.05, 3.63) is 29.6 Å². The number of anilines is 1. The van der Waals surface area contributed by atoms with Gasteiger partial charge < -0.3 is 10.2 Å². The second kappa shape index (κ2) is 8.64. The Morgan fingerprint density at radius 1 is 1.30 bits per heavy atom. The van der Waals surface area contributed by atoms with E-state index in [1.165, 1.54) is 0 Å². The second-order valence-electron chi connectivity index (χ2n) is 9.68. The van der Waals surface area contributed by atoms with Crippen molar-refractivity contribution in [1.82, 2.24) is 10.2 Å². The lowest BCUT2D eigenvalue weighted by molar-refractivity contribution is -0.122. The minimum Gasteiger partial charge on any atom is -0.366 e. The van der Waals surface area contributed by atoms with Crippen LogP contribution in [-0.4, -0.2) is 55.0 Å². The van der Waals surface area contributed by atoms with Gasteiger partial charge in [0.1, 0.15) is 5.82 Å². The van der Waals surface area contributed by atoms with Crippen LogP contribution in [0.4, 0.5) is 10.1 Å². The molecule has 6 atom stereocenters. The Labute approximate surface area is 179 Å². The highest BCUT2D eigenvalue weighted by atomic mass is 19.1. The third-order valence-electron chi connectivity index (χ3n) is 7.47. The van der Waals surface area contributed by atoms with E-state index >= 15 is 0 Å². The van der Waals surface area contributed by atoms with Gasteiger partial charge in [-0.2, -0.15) is 5.26 Å². The number of rotatable bonds is 6. The molecule has 2 aliphatic heterocycles. The van der Waals surface area contributed by atoms with Gasteiger partial charge in [-0.25, -0.2) is 4.39 Å². The molecule has 0 aromatic heterocycles. The molecule has 2 unspecified atom stereocenters. The van der Waals surface area contributed by atoms with Gasteiger partial charge in [-0.15, -0.1) is 0 Å². The maximum absolute atomic E-state index is 14.9. The van der Waals surface area contributed by atoms with Crippen LogP contribution in [-0.2, 0) is 11.2 Å². The summed E-state index contributed by atoms with van der Waals surface area (Å²) in [6.45, 7) is 6.15. The molecule has 0 radical (unpaired) electrons. The zero-order chi connectivity index (χ0) is 21.4. The number of nitrogens with one attached hydrogen (secondary N) is 1. The number of Topliss-reactive ketones (excluding diaryl/α,β-unsaturated/α-hetero) is 1. The van der Waals surface area contributed by atoms with Crippen LogP contribution in [0.25, 0.3) is 0 Å². The van der Waals surface area contributed by atoms with Gasteiger partial charge in [0.05, 0.1) is 18.0 Å². The third kappa shape index (κ3) is 4.24. The number of carbonyl (C=O) groups is 1. The van der Waals surface area contributed by atoms with Crippen LogP contribution in [0.1, 0.15) is 45.1 Å². The smallest absolute Gasteiger partial charge is 0.151 e. The molecule has 2 bridgehead atoms. The van der Waals surface area contributed by atoms with E-state index in [9.17, 15) is 14.4 Å². The fraction of sp³-hybridized carbons (Fsp3) is 0.667. The maximum Gasteiger partial charge on any atom is 0.151 e. The highest BCUT2D eigenvalue weighted by Gasteiger charge is 2.42. The quantitative estimate of drug-likeness (QED) is 0.778. The number of fused-ring (bicyclic) bond motifs is 2. The Balaban J connectivity index is 1.40. The summed E-state index contributed by atoms with van der Waals surface area (Å²) in [5.74, 6) is -0.227. The molecule has 3 fully saturated rings. The van der Waals surface area contributed by atoms with Crippen LogP contribution in [0.2, 0.25) is 0 Å². The molecule has 1 aromatic carbocycles. The molecule has 1 N–H and O–H groups in total. The lowest BCUT2D eigenvalue weighted by Crippen LogP contribution is -2.55. The Morgan fingerprint density at radius 3 is 2.73 bits per heavy atom. The van der Waals surface area contributed by atoms with E-state index in [4.69, 9.17) is 0 Å². The van der Waals surface area contributed by atoms with Crippen molar-refractivity contribution in [3.8, 4) is 6.07 Å². The van der Waals surface area contributed by atoms with Crippen molar-refractivity contribution in [2.24, 2.45) is 11.8 Å². The summed E-state index contributed by atoms with van der Waals surface area (Å²) in [7, 11) is 2.12. The summed E-state index contributed by atoms with van der Waals surface area (Å²) in [6.07, 6.45) is 3.81. The standard InChI is InChI=1S/C24H33FN4O/c1-15-14-29(16(2)13-28(15)3)21-7-5-18(22(25)11-21)8-17(12-26)9-23(30)24-19-4-6-20(10-19)27-24/h5,7,11,15-17,19-20,24,27H,4,6,8-10,13-14H2,1-3H3/t15?,16?,17-,19+,20-,24+/m1/s1. The third-order valence-corrected chi connectivity index (χ3v) is 7.47. The van der Waals surface area contributed by atoms with Gasteiger partial charge in [0, 0.05) is 43.3 Å². The molecule has 5 nitrogen and oxygen atoms in total. The number of benzene rings is 1. The zero-order valence-electron chi connectivity index (χ0n) is 18.3. The summed E-state index contributed by atoms with van der Waals surface area (Å²) < 4.78 is 14.9. The first-order chi connectivity index (χ1) is 14.4. The van der Waals surface area contributed by atoms with E-state index in [1.807, 2.05) is 6.07 Å². The SMILES string of the molecule is CC1CN(c2ccc(C[C@@H](C#N)CC(=O)[C@H]3N[C@@H]4CC[C@H]3C4)c(F)c2)C(C)CN1C. The molecular weight excluding hydrogens is 379 g/mol. The first-order valence-corrected chi connectivity index (χ1v) is 11.3. The van der Waals surface area contributed by atoms with Crippen LogP contribution >= 0.6 is 0 Å². The number of nitrogens with zero attached hydrogens (tertiary/aromatic N) is 3. The molecule has 1 aliphatic carbocycles. The van der Waals surface area contributed by atoms with E-state index in [1.54, 1.807) is 12.1 Å². The minimum absolute atomic E-state index is 0.104. The van der Waals surface area contributed by atoms with Gasteiger partial charge >= 0.3 is 0 Å². The van der Waals surface area contributed by atoms with Gasteiger partial charge in [-0.1, -0.05) is 6.07 Å². The average molecular weight is 413 g/mol. The van der Waals surface area contributed by atoms with Crippen molar-refractivity contribution >= 4 is 11.5 Å². The number of piperazine rings is 1. The van der Waals surface area contributed by atoms with Crippen LogP contribution in [0.5, 0.6) is 0 Å². The second-order valence-corrected chi connectivity index (χ2v) is 9.68. The number of halogens is 1. The first kappa shape index (κ1) is 21.3. The number of nitriles is 1. The molecule has 0 spiro atoms. The van der Waals surface area contributed by atoms with Crippen LogP contribution in [0, 0.1) is 29.0 Å². The predicted octanol–water partition coefficient (Wildman–Crippen LogP) is 3.14. The van der Waals surface area contributed by atoms with Crippen LogP contribution in [0.15, 0.2) is 18.2 Å². The van der Waals surface area contributed by atoms with Gasteiger partial charge in [-0.3, -0.25) is 9.69 Å². The summed E-state index contributed by atoms with van der Waals surface area (Å²) in [4.78, 5) is 17.3. The Hall–Kier alpha value is -1.97. The monoisotopic (exact) mass is 412 g/mol. The van der Waals surface area contributed by atoms with Crippen molar-refractivity contribution in [3.63, 3.8) is 0 Å². The lowest BCUT2D eigenvalue weighted by atomic mass is 9.88. The fourth-order valence-electron chi connectivity index (χ4n) is 5.55. The molecule has 3 aliphatic rings. The number of hydrogen-bond acceptors (Lipinski definition) is 5. The number of ketones is 1. The molecule has 1 aromatic rings. The molecule has 0 amide bonds. The summed E-state index contributed by atoms with van der Waals surface area (Å²) >= 11 is 0. The molecule has 162 valence electrons. The van der Waals surface area contributed by atoms with Gasteiger partial charge in [0.25, 0.3) is 0 Å². The topological polar surface area (TPSA) is 59.4 Å². The van der Waals surface area contributed by atoms with Crippen molar-refractivity contribution in [1.29, 1.82) is 5.26 Å². The normalized spacial score (nSPS) is 32.2. The first-order valence-electron chi connectivity index (χ1n) is 11.3. The zero-order valence-corrected chi connectivity index (χ0v) is 18.3. The van der Waals surface area contributed by atoms with Gasteiger partial charge in [0.15, 0.2) is 5.78 Å². The highest BCUT2D eigenvalue weighted by molar-refractivity contribution is 5.85. The summed E-state index contributed by atoms with van der Waals surface area (Å²) in [6, 6.07) is 8.68. The molecule has 4 rings (SSSR count). The Bertz CT molecular complexity index is 837. The van der Waals surface area contributed by atoms with E-state index < -0.39 is 5.92 Å². The lowest BCUT2D eigenvalue weighted by Gasteiger charge is -2.43. The van der Waals surface area contributed by atoms with Crippen molar-refractivity contribution < 1.29 is 9.18 Å². The summed E-state index contributed by atoms with van der Waals surface area (Å²) in [5.41, 5.74) is 1.41. The number of hydrogen-bond donors (Lipinski definition) is 1. The predicted molar refractivity (Wildman–Crippen MR) is 116 cm³/mol. The Morgan fingerprint density at radius 2 is 2.10 bits per heavy atom. The molecule has 30 heavy (non-hydrogen) atoms. The van der Waals surface area contributed by atoms with E-state index in [-0.39, 0.29) is 30.5 Å². The van der Waals surface area contributed by atoms with Crippen LogP contribution < -0.4 is 10.2 Å². The molecular formula is C24H33FN4O. The van der Waals surface area contributed by atoms with E-state index in [0.29, 0.717) is 29.6 Å². The van der Waals surface area contributed by atoms with Crippen molar-refractivity contribution in [2.75, 3.05) is 25.0 Å². The number of carbonyl (C=O) groups excluding carboxylic acids is 1. The molecule has 2 heterocycles. The molecule has 2 saturated heterocycles. The largest absolute Gasteiger partial charge is 0.366 e. The number of piperidine rings is 1. The average Bonchev–Trinajstić information content (AvgIpc) is 3.35. The Kier molecular flexibility index (Phi) is 6.13. The minimum atomic E-state index is -0.485. The van der Waals surface area contributed by atoms with Crippen LogP contribution in [0.3, 0.4) is 0 Å².